The van der Waals surface area contributed by atoms with Gasteiger partial charge in [0.25, 0.3) is 11.5 Å². The number of methoxy groups -OCH3 is 1. The molecule has 2 aliphatic rings. The monoisotopic (exact) mass is 567 g/mol. The Hall–Kier alpha value is -4.22. The zero-order valence-electron chi connectivity index (χ0n) is 23.6. The van der Waals surface area contributed by atoms with Gasteiger partial charge >= 0.3 is 5.97 Å². The Bertz CT molecular complexity index is 1340. The van der Waals surface area contributed by atoms with E-state index < -0.39 is 29.4 Å². The molecule has 2 bridgehead atoms. The third-order valence-corrected chi connectivity index (χ3v) is 7.95. The third kappa shape index (κ3) is 7.30. The molecular weight excluding hydrogens is 530 g/mol. The van der Waals surface area contributed by atoms with Crippen molar-refractivity contribution in [3.63, 3.8) is 0 Å². The van der Waals surface area contributed by atoms with Crippen LogP contribution in [0.15, 0.2) is 39.8 Å². The fourth-order valence-electron chi connectivity index (χ4n) is 5.88. The van der Waals surface area contributed by atoms with Crippen LogP contribution in [0.5, 0.6) is 0 Å². The van der Waals surface area contributed by atoms with Gasteiger partial charge in [-0.15, -0.1) is 0 Å². The molecule has 4 rings (SSSR count). The molecule has 2 fully saturated rings. The van der Waals surface area contributed by atoms with Crippen LogP contribution in [0.25, 0.3) is 0 Å². The fraction of sp³-hybridized carbons (Fsp3) is 0.517. The number of hydrogen-bond acceptors (Lipinski definition) is 8. The lowest BCUT2D eigenvalue weighted by atomic mass is 9.84. The minimum atomic E-state index is -1.06. The first-order chi connectivity index (χ1) is 19.7. The second-order valence-electron chi connectivity index (χ2n) is 10.7. The molecule has 41 heavy (non-hydrogen) atoms. The van der Waals surface area contributed by atoms with E-state index in [2.05, 4.69) is 25.8 Å². The summed E-state index contributed by atoms with van der Waals surface area (Å²) in [7, 11) is 1.25. The summed E-state index contributed by atoms with van der Waals surface area (Å²) >= 11 is 0. The average Bonchev–Trinajstić information content (AvgIpc) is 3.37. The summed E-state index contributed by atoms with van der Waals surface area (Å²) in [5.74, 6) is -0.667. The Labute approximate surface area is 237 Å². The predicted octanol–water partition coefficient (Wildman–Crippen LogP) is 2.39. The van der Waals surface area contributed by atoms with Gasteiger partial charge in [0.2, 0.25) is 11.8 Å². The molecular formula is C29H37N5O7. The number of rotatable bonds is 11. The van der Waals surface area contributed by atoms with Crippen molar-refractivity contribution < 1.29 is 28.4 Å². The summed E-state index contributed by atoms with van der Waals surface area (Å²) in [6.07, 6.45) is 10.3. The van der Waals surface area contributed by atoms with Crippen LogP contribution in [0.4, 0.5) is 5.69 Å². The highest BCUT2D eigenvalue weighted by Crippen LogP contribution is 2.42. The molecule has 0 aromatic carbocycles. The number of aromatic nitrogens is 2. The highest BCUT2D eigenvalue weighted by Gasteiger charge is 2.39. The van der Waals surface area contributed by atoms with Crippen LogP contribution in [0.3, 0.4) is 0 Å². The Balaban J connectivity index is 1.44. The van der Waals surface area contributed by atoms with Gasteiger partial charge in [-0.1, -0.05) is 17.7 Å². The van der Waals surface area contributed by atoms with Crippen molar-refractivity contribution in [2.45, 2.75) is 77.4 Å². The van der Waals surface area contributed by atoms with Gasteiger partial charge in [0.1, 0.15) is 29.6 Å². The van der Waals surface area contributed by atoms with E-state index in [1.807, 2.05) is 0 Å². The van der Waals surface area contributed by atoms with Crippen LogP contribution in [-0.4, -0.2) is 52.6 Å². The smallest absolute Gasteiger partial charge is 0.330 e. The normalized spacial score (nSPS) is 20.4. The van der Waals surface area contributed by atoms with Crippen molar-refractivity contribution in [2.75, 3.05) is 12.4 Å². The fourth-order valence-corrected chi connectivity index (χ4v) is 5.88. The first-order valence-corrected chi connectivity index (χ1v) is 14.0. The number of pyridine rings is 1. The Kier molecular flexibility index (Phi) is 9.74. The Morgan fingerprint density at radius 3 is 2.56 bits per heavy atom. The van der Waals surface area contributed by atoms with Crippen LogP contribution in [0.1, 0.15) is 66.8 Å². The van der Waals surface area contributed by atoms with Gasteiger partial charge in [0, 0.05) is 18.3 Å². The molecule has 2 unspecified atom stereocenters. The molecule has 0 aliphatic heterocycles. The lowest BCUT2D eigenvalue weighted by Crippen LogP contribution is -2.46. The second kappa shape index (κ2) is 13.4. The zero-order valence-corrected chi connectivity index (χ0v) is 23.6. The van der Waals surface area contributed by atoms with Crippen molar-refractivity contribution in [1.29, 1.82) is 0 Å². The summed E-state index contributed by atoms with van der Waals surface area (Å²) in [5, 5.41) is 12.2. The standard InChI is InChI=1S/C29H37N5O7/c1-17-25(18(2)41-33-17)28(38)30-21(10-4-5-12-24(36)40-3)27(37)31-22-11-7-15-34(29(22)39)16-23(35)32-26-19-8-6-9-20(26)14-13-19/h5,7,11-12,15,19-21,26H,4,6,8-10,13-14,16H2,1-3H3,(H,30,38)(H,31,37)(H,32,35)/b12-5+/t19?,20?,21-,26?/m0/s1. The summed E-state index contributed by atoms with van der Waals surface area (Å²) in [5.41, 5.74) is 0.0244. The number of hydrogen-bond donors (Lipinski definition) is 3. The number of nitrogens with zero attached hydrogens (tertiary/aromatic N) is 2. The first-order valence-electron chi connectivity index (χ1n) is 14.0. The van der Waals surface area contributed by atoms with E-state index in [-0.39, 0.29) is 42.6 Å². The summed E-state index contributed by atoms with van der Waals surface area (Å²) in [4.78, 5) is 63.6. The molecule has 2 aromatic heterocycles. The van der Waals surface area contributed by atoms with Gasteiger partial charge in [-0.2, -0.15) is 0 Å². The molecule has 0 radical (unpaired) electrons. The van der Waals surface area contributed by atoms with Crippen LogP contribution < -0.4 is 21.5 Å². The number of nitrogens with one attached hydrogen (secondary N) is 3. The number of allylic oxidation sites excluding steroid dienone is 1. The largest absolute Gasteiger partial charge is 0.466 e. The highest BCUT2D eigenvalue weighted by atomic mass is 16.5. The molecule has 2 aliphatic carbocycles. The van der Waals surface area contributed by atoms with Gasteiger partial charge in [-0.05, 0) is 76.3 Å². The van der Waals surface area contributed by atoms with E-state index in [0.717, 1.165) is 25.7 Å². The van der Waals surface area contributed by atoms with Crippen molar-refractivity contribution in [2.24, 2.45) is 11.8 Å². The highest BCUT2D eigenvalue weighted by molar-refractivity contribution is 6.02. The number of anilines is 1. The van der Waals surface area contributed by atoms with E-state index in [9.17, 15) is 24.0 Å². The molecule has 2 aromatic rings. The number of ether oxygens (including phenoxy) is 1. The number of carbonyl (C=O) groups excluding carboxylic acids is 4. The van der Waals surface area contributed by atoms with Crippen LogP contribution in [-0.2, 0) is 25.7 Å². The maximum Gasteiger partial charge on any atom is 0.330 e. The van der Waals surface area contributed by atoms with Crippen molar-refractivity contribution >= 4 is 29.4 Å². The van der Waals surface area contributed by atoms with Gasteiger partial charge < -0.3 is 29.8 Å². The molecule has 12 heteroatoms. The molecule has 3 atom stereocenters. The van der Waals surface area contributed by atoms with Gasteiger partial charge in [0.15, 0.2) is 0 Å². The zero-order chi connectivity index (χ0) is 29.5. The van der Waals surface area contributed by atoms with E-state index >= 15 is 0 Å². The number of carbonyl (C=O) groups is 4. The van der Waals surface area contributed by atoms with Crippen molar-refractivity contribution in [3.8, 4) is 0 Å². The lowest BCUT2D eigenvalue weighted by molar-refractivity contribution is -0.134. The molecule has 3 N–H and O–H groups in total. The van der Waals surface area contributed by atoms with Gasteiger partial charge in [-0.25, -0.2) is 4.79 Å². The number of esters is 1. The summed E-state index contributed by atoms with van der Waals surface area (Å²) < 4.78 is 10.9. The molecule has 0 spiro atoms. The average molecular weight is 568 g/mol. The van der Waals surface area contributed by atoms with Crippen LogP contribution >= 0.6 is 0 Å². The van der Waals surface area contributed by atoms with Crippen LogP contribution in [0.2, 0.25) is 0 Å². The molecule has 12 nitrogen and oxygen atoms in total. The third-order valence-electron chi connectivity index (χ3n) is 7.95. The first kappa shape index (κ1) is 29.8. The molecule has 2 saturated carbocycles. The van der Waals surface area contributed by atoms with Crippen molar-refractivity contribution in [1.82, 2.24) is 20.4 Å². The van der Waals surface area contributed by atoms with E-state index in [1.54, 1.807) is 19.9 Å². The lowest BCUT2D eigenvalue weighted by Gasteiger charge is -2.30. The summed E-state index contributed by atoms with van der Waals surface area (Å²) in [6.45, 7) is 3.04. The van der Waals surface area contributed by atoms with Crippen molar-refractivity contribution in [3.05, 3.63) is 57.9 Å². The van der Waals surface area contributed by atoms with Gasteiger partial charge in [-0.3, -0.25) is 19.2 Å². The SMILES string of the molecule is COC(=O)/C=C/CC[C@H](NC(=O)c1c(C)noc1C)C(=O)Nc1cccn(CC(=O)NC2C3CCCC2CC3)c1=O. The minimum Gasteiger partial charge on any atom is -0.466 e. The molecule has 3 amide bonds. The maximum absolute atomic E-state index is 13.3. The van der Waals surface area contributed by atoms with E-state index in [4.69, 9.17) is 4.52 Å². The molecule has 0 saturated heterocycles. The van der Waals surface area contributed by atoms with Gasteiger partial charge in [0.05, 0.1) is 12.8 Å². The Morgan fingerprint density at radius 1 is 1.17 bits per heavy atom. The molecule has 2 heterocycles. The maximum atomic E-state index is 13.3. The number of fused-ring (bicyclic) bond motifs is 2. The van der Waals surface area contributed by atoms with E-state index in [1.165, 1.54) is 42.5 Å². The minimum absolute atomic E-state index is 0.0234. The topological polar surface area (TPSA) is 162 Å². The molecule has 220 valence electrons. The Morgan fingerprint density at radius 2 is 1.90 bits per heavy atom. The summed E-state index contributed by atoms with van der Waals surface area (Å²) in [6, 6.07) is 2.12. The number of aryl methyl sites for hydroxylation is 2. The predicted molar refractivity (Wildman–Crippen MR) is 149 cm³/mol. The van der Waals surface area contributed by atoms with Crippen LogP contribution in [0, 0.1) is 25.7 Å². The second-order valence-corrected chi connectivity index (χ2v) is 10.7. The quantitative estimate of drug-likeness (QED) is 0.275. The number of amides is 3. The van der Waals surface area contributed by atoms with E-state index in [0.29, 0.717) is 23.3 Å².